The first-order chi connectivity index (χ1) is 14.5. The van der Waals surface area contributed by atoms with Crippen molar-refractivity contribution in [1.29, 1.82) is 0 Å². The van der Waals surface area contributed by atoms with Crippen molar-refractivity contribution in [1.82, 2.24) is 19.2 Å². The SMILES string of the molecule is CC(=O)N1CCCC1c1nc(CN(C)S(=O)(=O)c2ccc(F)cc2C)cc(N(C)C)n1. The first kappa shape index (κ1) is 23.1. The van der Waals surface area contributed by atoms with Crippen molar-refractivity contribution in [3.05, 3.63) is 47.2 Å². The summed E-state index contributed by atoms with van der Waals surface area (Å²) >= 11 is 0. The van der Waals surface area contributed by atoms with Crippen molar-refractivity contribution < 1.29 is 17.6 Å². The first-order valence-corrected chi connectivity index (χ1v) is 11.5. The second kappa shape index (κ2) is 8.88. The summed E-state index contributed by atoms with van der Waals surface area (Å²) in [5.41, 5.74) is 0.863. The molecule has 2 heterocycles. The quantitative estimate of drug-likeness (QED) is 0.674. The Morgan fingerprint density at radius 1 is 1.23 bits per heavy atom. The van der Waals surface area contributed by atoms with Gasteiger partial charge in [0.05, 0.1) is 23.2 Å². The van der Waals surface area contributed by atoms with Gasteiger partial charge in [-0.15, -0.1) is 0 Å². The van der Waals surface area contributed by atoms with Crippen LogP contribution in [-0.4, -0.2) is 61.2 Å². The molecule has 1 aromatic heterocycles. The van der Waals surface area contributed by atoms with Crippen molar-refractivity contribution >= 4 is 21.7 Å². The van der Waals surface area contributed by atoms with Gasteiger partial charge in [0.2, 0.25) is 15.9 Å². The van der Waals surface area contributed by atoms with E-state index in [1.165, 1.54) is 30.4 Å². The van der Waals surface area contributed by atoms with Gasteiger partial charge in [0.25, 0.3) is 0 Å². The molecule has 0 N–H and O–H groups in total. The Labute approximate surface area is 182 Å². The molecule has 1 unspecified atom stereocenters. The number of hydrogen-bond acceptors (Lipinski definition) is 6. The van der Waals surface area contributed by atoms with Gasteiger partial charge < -0.3 is 9.80 Å². The Balaban J connectivity index is 1.95. The molecule has 0 spiro atoms. The predicted molar refractivity (Wildman–Crippen MR) is 116 cm³/mol. The van der Waals surface area contributed by atoms with E-state index in [1.807, 2.05) is 19.0 Å². The summed E-state index contributed by atoms with van der Waals surface area (Å²) < 4.78 is 40.8. The molecule has 1 fully saturated rings. The van der Waals surface area contributed by atoms with Crippen LogP contribution in [0, 0.1) is 12.7 Å². The minimum Gasteiger partial charge on any atom is -0.363 e. The van der Waals surface area contributed by atoms with Crippen LogP contribution in [0.15, 0.2) is 29.2 Å². The first-order valence-electron chi connectivity index (χ1n) is 10.1. The summed E-state index contributed by atoms with van der Waals surface area (Å²) in [5.74, 6) is 0.632. The molecule has 1 amide bonds. The Morgan fingerprint density at radius 2 is 1.94 bits per heavy atom. The number of amides is 1. The Kier molecular flexibility index (Phi) is 6.61. The van der Waals surface area contributed by atoms with E-state index in [0.29, 0.717) is 29.4 Å². The molecule has 1 aliphatic heterocycles. The number of nitrogens with zero attached hydrogens (tertiary/aromatic N) is 5. The number of sulfonamides is 1. The Morgan fingerprint density at radius 3 is 2.55 bits per heavy atom. The maximum absolute atomic E-state index is 13.4. The van der Waals surface area contributed by atoms with Crippen molar-refractivity contribution in [2.75, 3.05) is 32.6 Å². The van der Waals surface area contributed by atoms with Gasteiger partial charge in [0.15, 0.2) is 5.82 Å². The maximum Gasteiger partial charge on any atom is 0.243 e. The highest BCUT2D eigenvalue weighted by molar-refractivity contribution is 7.89. The summed E-state index contributed by atoms with van der Waals surface area (Å²) in [4.78, 5) is 24.9. The molecule has 0 bridgehead atoms. The monoisotopic (exact) mass is 449 g/mol. The van der Waals surface area contributed by atoms with Gasteiger partial charge in [-0.2, -0.15) is 4.31 Å². The van der Waals surface area contributed by atoms with Gasteiger partial charge in [0.1, 0.15) is 11.6 Å². The van der Waals surface area contributed by atoms with E-state index in [0.717, 1.165) is 18.9 Å². The second-order valence-electron chi connectivity index (χ2n) is 8.01. The number of hydrogen-bond donors (Lipinski definition) is 0. The number of likely N-dealkylation sites (tertiary alicyclic amines) is 1. The lowest BCUT2D eigenvalue weighted by Crippen LogP contribution is -2.31. The highest BCUT2D eigenvalue weighted by atomic mass is 32.2. The van der Waals surface area contributed by atoms with Gasteiger partial charge >= 0.3 is 0 Å². The summed E-state index contributed by atoms with van der Waals surface area (Å²) in [5, 5.41) is 0. The van der Waals surface area contributed by atoms with E-state index in [2.05, 4.69) is 9.97 Å². The number of benzene rings is 1. The van der Waals surface area contributed by atoms with E-state index in [4.69, 9.17) is 0 Å². The number of aryl methyl sites for hydroxylation is 1. The number of carbonyl (C=O) groups is 1. The second-order valence-corrected chi connectivity index (χ2v) is 10.0. The van der Waals surface area contributed by atoms with Crippen LogP contribution in [0.1, 0.15) is 42.9 Å². The summed E-state index contributed by atoms with van der Waals surface area (Å²) in [6.45, 7) is 3.76. The smallest absolute Gasteiger partial charge is 0.243 e. The van der Waals surface area contributed by atoms with Crippen molar-refractivity contribution in [2.45, 2.75) is 44.2 Å². The third kappa shape index (κ3) is 4.85. The molecule has 0 radical (unpaired) electrons. The van der Waals surface area contributed by atoms with Crippen LogP contribution in [0.3, 0.4) is 0 Å². The van der Waals surface area contributed by atoms with Gasteiger partial charge in [-0.05, 0) is 43.5 Å². The molecule has 31 heavy (non-hydrogen) atoms. The third-order valence-electron chi connectivity index (χ3n) is 5.41. The molecule has 10 heteroatoms. The minimum absolute atomic E-state index is 0.0162. The molecule has 1 aromatic carbocycles. The average molecular weight is 450 g/mol. The fourth-order valence-corrected chi connectivity index (χ4v) is 5.10. The highest BCUT2D eigenvalue weighted by Gasteiger charge is 2.31. The van der Waals surface area contributed by atoms with Gasteiger partial charge in [-0.1, -0.05) is 0 Å². The molecule has 8 nitrogen and oxygen atoms in total. The van der Waals surface area contributed by atoms with Crippen molar-refractivity contribution in [2.24, 2.45) is 0 Å². The van der Waals surface area contributed by atoms with Crippen LogP contribution < -0.4 is 4.90 Å². The maximum atomic E-state index is 13.4. The zero-order chi connectivity index (χ0) is 22.9. The van der Waals surface area contributed by atoms with E-state index in [1.54, 1.807) is 17.9 Å². The summed E-state index contributed by atoms with van der Waals surface area (Å²) in [6.07, 6.45) is 1.63. The molecule has 3 rings (SSSR count). The van der Waals surface area contributed by atoms with Crippen LogP contribution in [-0.2, 0) is 21.4 Å². The number of aromatic nitrogens is 2. The summed E-state index contributed by atoms with van der Waals surface area (Å²) in [6, 6.07) is 5.12. The number of rotatable bonds is 6. The Bertz CT molecular complexity index is 1090. The van der Waals surface area contributed by atoms with Crippen LogP contribution in [0.5, 0.6) is 0 Å². The van der Waals surface area contributed by atoms with E-state index < -0.39 is 15.8 Å². The topological polar surface area (TPSA) is 86.7 Å². The number of halogens is 1. The minimum atomic E-state index is -3.85. The molecule has 168 valence electrons. The largest absolute Gasteiger partial charge is 0.363 e. The van der Waals surface area contributed by atoms with Gasteiger partial charge in [-0.25, -0.2) is 22.8 Å². The Hall–Kier alpha value is -2.59. The molecule has 1 saturated heterocycles. The lowest BCUT2D eigenvalue weighted by Gasteiger charge is -2.24. The molecular formula is C21H28FN5O3S. The normalized spacial score (nSPS) is 16.7. The van der Waals surface area contributed by atoms with Crippen LogP contribution in [0.25, 0.3) is 0 Å². The fraction of sp³-hybridized carbons (Fsp3) is 0.476. The third-order valence-corrected chi connectivity index (χ3v) is 7.37. The van der Waals surface area contributed by atoms with Crippen molar-refractivity contribution in [3.8, 4) is 0 Å². The lowest BCUT2D eigenvalue weighted by molar-refractivity contribution is -0.129. The van der Waals surface area contributed by atoms with Crippen LogP contribution in [0.2, 0.25) is 0 Å². The molecule has 0 aliphatic carbocycles. The molecule has 1 atom stereocenters. The lowest BCUT2D eigenvalue weighted by atomic mass is 10.2. The highest BCUT2D eigenvalue weighted by Crippen LogP contribution is 2.31. The molecule has 1 aliphatic rings. The van der Waals surface area contributed by atoms with Gasteiger partial charge in [-0.3, -0.25) is 4.79 Å². The van der Waals surface area contributed by atoms with E-state index in [9.17, 15) is 17.6 Å². The zero-order valence-corrected chi connectivity index (χ0v) is 19.3. The van der Waals surface area contributed by atoms with Crippen molar-refractivity contribution in [3.63, 3.8) is 0 Å². The molecule has 0 saturated carbocycles. The zero-order valence-electron chi connectivity index (χ0n) is 18.5. The van der Waals surface area contributed by atoms with Crippen LogP contribution in [0.4, 0.5) is 10.2 Å². The van der Waals surface area contributed by atoms with E-state index in [-0.39, 0.29) is 23.4 Å². The van der Waals surface area contributed by atoms with Gasteiger partial charge in [0, 0.05) is 40.7 Å². The standard InChI is InChI=1S/C21H28FN5O3S/c1-14-11-16(22)8-9-19(14)31(29,30)26(5)13-17-12-20(25(3)4)24-21(23-17)18-7-6-10-27(18)15(2)28/h8-9,11-12,18H,6-7,10,13H2,1-5H3. The average Bonchev–Trinajstić information content (AvgIpc) is 3.17. The number of anilines is 1. The molecular weight excluding hydrogens is 421 g/mol. The van der Waals surface area contributed by atoms with E-state index >= 15 is 0 Å². The molecule has 2 aromatic rings. The fourth-order valence-electron chi connectivity index (χ4n) is 3.76. The van der Waals surface area contributed by atoms with Crippen LogP contribution >= 0.6 is 0 Å². The number of carbonyl (C=O) groups excluding carboxylic acids is 1. The predicted octanol–water partition coefficient (Wildman–Crippen LogP) is 2.49. The summed E-state index contributed by atoms with van der Waals surface area (Å²) in [7, 11) is 1.31.